The van der Waals surface area contributed by atoms with Gasteiger partial charge in [0.05, 0.1) is 18.9 Å². The summed E-state index contributed by atoms with van der Waals surface area (Å²) < 4.78 is 13.3. The van der Waals surface area contributed by atoms with Crippen molar-refractivity contribution in [2.24, 2.45) is 0 Å². The molecule has 1 aromatic heterocycles. The normalized spacial score (nSPS) is 21.1. The third-order valence-corrected chi connectivity index (χ3v) is 4.23. The summed E-state index contributed by atoms with van der Waals surface area (Å²) in [5.74, 6) is -0.394. The molecule has 0 unspecified atom stereocenters. The molecule has 21 heavy (non-hydrogen) atoms. The predicted octanol–water partition coefficient (Wildman–Crippen LogP) is 1.46. The average molecular weight is 293 g/mol. The quantitative estimate of drug-likeness (QED) is 0.916. The van der Waals surface area contributed by atoms with Crippen molar-refractivity contribution in [3.8, 4) is 0 Å². The molecule has 2 N–H and O–H groups in total. The molecule has 0 aliphatic carbocycles. The Morgan fingerprint density at radius 1 is 1.33 bits per heavy atom. The summed E-state index contributed by atoms with van der Waals surface area (Å²) in [6.45, 7) is 5.53. The highest BCUT2D eigenvalue weighted by atomic mass is 16.7. The van der Waals surface area contributed by atoms with Crippen molar-refractivity contribution in [1.29, 1.82) is 0 Å². The first kappa shape index (κ1) is 14.4. The first-order valence-electron chi connectivity index (χ1n) is 7.66. The van der Waals surface area contributed by atoms with Crippen molar-refractivity contribution < 1.29 is 14.3 Å². The van der Waals surface area contributed by atoms with E-state index in [0.717, 1.165) is 25.8 Å². The van der Waals surface area contributed by atoms with Gasteiger partial charge in [-0.1, -0.05) is 6.92 Å². The van der Waals surface area contributed by atoms with Crippen molar-refractivity contribution in [2.75, 3.05) is 32.0 Å². The smallest absolute Gasteiger partial charge is 0.270 e. The summed E-state index contributed by atoms with van der Waals surface area (Å²) in [6, 6.07) is 1.77. The van der Waals surface area contributed by atoms with E-state index >= 15 is 0 Å². The van der Waals surface area contributed by atoms with Crippen LogP contribution in [-0.2, 0) is 16.0 Å². The van der Waals surface area contributed by atoms with Gasteiger partial charge < -0.3 is 24.7 Å². The summed E-state index contributed by atoms with van der Waals surface area (Å²) >= 11 is 0. The number of rotatable bonds is 3. The monoisotopic (exact) mass is 293 g/mol. The van der Waals surface area contributed by atoms with Gasteiger partial charge in [-0.05, 0) is 12.5 Å². The number of likely N-dealkylation sites (tertiary alicyclic amines) is 1. The molecule has 2 fully saturated rings. The zero-order chi connectivity index (χ0) is 14.9. The molecule has 6 heteroatoms. The molecule has 3 rings (SSSR count). The van der Waals surface area contributed by atoms with E-state index in [1.807, 2.05) is 15.7 Å². The SMILES string of the molecule is CCCn1cc(N)cc1C(=O)N1CCC2(CC1)OCCO2. The first-order chi connectivity index (χ1) is 10.1. The number of piperidine rings is 1. The highest BCUT2D eigenvalue weighted by molar-refractivity contribution is 5.94. The molecule has 0 saturated carbocycles. The van der Waals surface area contributed by atoms with Crippen LogP contribution in [-0.4, -0.2) is 47.5 Å². The van der Waals surface area contributed by atoms with E-state index in [-0.39, 0.29) is 5.91 Å². The Labute approximate surface area is 124 Å². The van der Waals surface area contributed by atoms with Gasteiger partial charge in [0, 0.05) is 38.7 Å². The van der Waals surface area contributed by atoms with Crippen LogP contribution in [0, 0.1) is 0 Å². The van der Waals surface area contributed by atoms with Crippen LogP contribution in [0.3, 0.4) is 0 Å². The molecule has 1 spiro atoms. The van der Waals surface area contributed by atoms with Crippen molar-refractivity contribution >= 4 is 11.6 Å². The summed E-state index contributed by atoms with van der Waals surface area (Å²) in [5, 5.41) is 0. The van der Waals surface area contributed by atoms with Crippen molar-refractivity contribution in [3.05, 3.63) is 18.0 Å². The maximum atomic E-state index is 12.7. The first-order valence-corrected chi connectivity index (χ1v) is 7.66. The summed E-state index contributed by atoms with van der Waals surface area (Å²) in [4.78, 5) is 14.6. The van der Waals surface area contributed by atoms with Gasteiger partial charge in [-0.2, -0.15) is 0 Å². The van der Waals surface area contributed by atoms with Crippen molar-refractivity contribution in [3.63, 3.8) is 0 Å². The lowest BCUT2D eigenvalue weighted by atomic mass is 10.0. The van der Waals surface area contributed by atoms with Gasteiger partial charge >= 0.3 is 0 Å². The fraction of sp³-hybridized carbons (Fsp3) is 0.667. The molecule has 0 bridgehead atoms. The topological polar surface area (TPSA) is 69.7 Å². The number of hydrogen-bond acceptors (Lipinski definition) is 4. The summed E-state index contributed by atoms with van der Waals surface area (Å²) in [7, 11) is 0. The van der Waals surface area contributed by atoms with Gasteiger partial charge in [0.15, 0.2) is 5.79 Å². The molecule has 1 amide bonds. The average Bonchev–Trinajstić information content (AvgIpc) is 3.07. The van der Waals surface area contributed by atoms with E-state index in [2.05, 4.69) is 6.92 Å². The molecule has 116 valence electrons. The highest BCUT2D eigenvalue weighted by Gasteiger charge is 2.41. The number of amides is 1. The van der Waals surface area contributed by atoms with E-state index in [1.165, 1.54) is 0 Å². The molecular weight excluding hydrogens is 270 g/mol. The Bertz CT molecular complexity index is 510. The fourth-order valence-corrected chi connectivity index (χ4v) is 3.14. The second-order valence-electron chi connectivity index (χ2n) is 5.75. The Kier molecular flexibility index (Phi) is 3.91. The van der Waals surface area contributed by atoms with Crippen LogP contribution in [0.4, 0.5) is 5.69 Å². The van der Waals surface area contributed by atoms with E-state index < -0.39 is 5.79 Å². The largest absolute Gasteiger partial charge is 0.397 e. The molecule has 2 aliphatic heterocycles. The third kappa shape index (κ3) is 2.78. The fourth-order valence-electron chi connectivity index (χ4n) is 3.14. The van der Waals surface area contributed by atoms with Crippen LogP contribution in [0.15, 0.2) is 12.3 Å². The van der Waals surface area contributed by atoms with Gasteiger partial charge in [-0.15, -0.1) is 0 Å². The molecule has 2 aliphatic rings. The zero-order valence-corrected chi connectivity index (χ0v) is 12.5. The number of nitrogen functional groups attached to an aromatic ring is 1. The standard InChI is InChI=1S/C15H23N3O3/c1-2-5-18-11-12(16)10-13(18)14(19)17-6-3-15(4-7-17)20-8-9-21-15/h10-11H,2-9,16H2,1H3. The third-order valence-electron chi connectivity index (χ3n) is 4.23. The van der Waals surface area contributed by atoms with Crippen molar-refractivity contribution in [2.45, 2.75) is 38.5 Å². The number of aromatic nitrogens is 1. The molecule has 0 aromatic carbocycles. The number of nitrogens with zero attached hydrogens (tertiary/aromatic N) is 2. The number of nitrogens with two attached hydrogens (primary N) is 1. The minimum Gasteiger partial charge on any atom is -0.397 e. The molecule has 2 saturated heterocycles. The number of aryl methyl sites for hydroxylation is 1. The lowest BCUT2D eigenvalue weighted by Crippen LogP contribution is -2.47. The zero-order valence-electron chi connectivity index (χ0n) is 12.5. The second-order valence-corrected chi connectivity index (χ2v) is 5.75. The minimum absolute atomic E-state index is 0.0491. The maximum absolute atomic E-state index is 12.7. The van der Waals surface area contributed by atoms with Crippen LogP contribution in [0.25, 0.3) is 0 Å². The minimum atomic E-state index is -0.443. The van der Waals surface area contributed by atoms with E-state index in [9.17, 15) is 4.79 Å². The number of carbonyl (C=O) groups is 1. The number of carbonyl (C=O) groups excluding carboxylic acids is 1. The number of hydrogen-bond donors (Lipinski definition) is 1. The molecule has 0 radical (unpaired) electrons. The highest BCUT2D eigenvalue weighted by Crippen LogP contribution is 2.31. The van der Waals surface area contributed by atoms with E-state index in [4.69, 9.17) is 15.2 Å². The lowest BCUT2D eigenvalue weighted by Gasteiger charge is -2.37. The second kappa shape index (κ2) is 5.69. The molecule has 1 aromatic rings. The summed E-state index contributed by atoms with van der Waals surface area (Å²) in [6.07, 6.45) is 4.29. The summed E-state index contributed by atoms with van der Waals surface area (Å²) in [5.41, 5.74) is 7.16. The van der Waals surface area contributed by atoms with Crippen LogP contribution in [0.1, 0.15) is 36.7 Å². The Hall–Kier alpha value is -1.53. The molecule has 6 nitrogen and oxygen atoms in total. The van der Waals surface area contributed by atoms with Gasteiger partial charge in [-0.25, -0.2) is 0 Å². The number of ether oxygens (including phenoxy) is 2. The number of anilines is 1. The predicted molar refractivity (Wildman–Crippen MR) is 78.9 cm³/mol. The van der Waals surface area contributed by atoms with Crippen LogP contribution >= 0.6 is 0 Å². The van der Waals surface area contributed by atoms with Gasteiger partial charge in [0.1, 0.15) is 5.69 Å². The Morgan fingerprint density at radius 3 is 2.62 bits per heavy atom. The van der Waals surface area contributed by atoms with Crippen LogP contribution in [0.2, 0.25) is 0 Å². The maximum Gasteiger partial charge on any atom is 0.270 e. The van der Waals surface area contributed by atoms with Gasteiger partial charge in [0.2, 0.25) is 0 Å². The molecule has 0 atom stereocenters. The molecule has 3 heterocycles. The van der Waals surface area contributed by atoms with Crippen LogP contribution in [0.5, 0.6) is 0 Å². The van der Waals surface area contributed by atoms with Crippen molar-refractivity contribution in [1.82, 2.24) is 9.47 Å². The van der Waals surface area contributed by atoms with Gasteiger partial charge in [0.25, 0.3) is 5.91 Å². The Morgan fingerprint density at radius 2 is 2.00 bits per heavy atom. The van der Waals surface area contributed by atoms with Gasteiger partial charge in [-0.3, -0.25) is 4.79 Å². The van der Waals surface area contributed by atoms with E-state index in [1.54, 1.807) is 6.07 Å². The lowest BCUT2D eigenvalue weighted by molar-refractivity contribution is -0.181. The van der Waals surface area contributed by atoms with Crippen LogP contribution < -0.4 is 5.73 Å². The Balaban J connectivity index is 1.69. The molecular formula is C15H23N3O3. The van der Waals surface area contributed by atoms with E-state index in [0.29, 0.717) is 37.7 Å².